The van der Waals surface area contributed by atoms with E-state index in [4.69, 9.17) is 11.6 Å². The molecule has 0 aliphatic heterocycles. The van der Waals surface area contributed by atoms with Crippen molar-refractivity contribution in [3.63, 3.8) is 0 Å². The smallest absolute Gasteiger partial charge is 0.0545 e. The summed E-state index contributed by atoms with van der Waals surface area (Å²) in [6.45, 7) is 9.59. The van der Waals surface area contributed by atoms with Crippen LogP contribution >= 0.6 is 23.4 Å². The fraction of sp³-hybridized carbons (Fsp3) is 0.571. The van der Waals surface area contributed by atoms with Gasteiger partial charge < -0.3 is 5.32 Å². The fourth-order valence-corrected chi connectivity index (χ4v) is 2.72. The number of hydrogen-bond acceptors (Lipinski definition) is 2. The second kappa shape index (κ2) is 6.67. The molecule has 0 fully saturated rings. The molecule has 0 atom stereocenters. The molecule has 0 saturated carbocycles. The molecular weight excluding hydrogens is 250 g/mol. The summed E-state index contributed by atoms with van der Waals surface area (Å²) in [7, 11) is 0. The van der Waals surface area contributed by atoms with Gasteiger partial charge in [0.1, 0.15) is 0 Å². The van der Waals surface area contributed by atoms with Crippen molar-refractivity contribution < 1.29 is 0 Å². The first-order valence-corrected chi connectivity index (χ1v) is 7.45. The third-order valence-corrected chi connectivity index (χ3v) is 4.12. The van der Waals surface area contributed by atoms with E-state index in [0.29, 0.717) is 0 Å². The van der Waals surface area contributed by atoms with Crippen LogP contribution in [0.1, 0.15) is 39.7 Å². The van der Waals surface area contributed by atoms with Crippen LogP contribution in [0.3, 0.4) is 0 Å². The van der Waals surface area contributed by atoms with Gasteiger partial charge in [0.25, 0.3) is 0 Å². The average molecular weight is 272 g/mol. The molecule has 17 heavy (non-hydrogen) atoms. The second-order valence-electron chi connectivity index (χ2n) is 5.18. The third-order valence-electron chi connectivity index (χ3n) is 2.31. The van der Waals surface area contributed by atoms with Crippen molar-refractivity contribution in [2.24, 2.45) is 0 Å². The first kappa shape index (κ1) is 14.9. The number of thioether (sulfide) groups is 1. The van der Waals surface area contributed by atoms with Gasteiger partial charge >= 0.3 is 0 Å². The van der Waals surface area contributed by atoms with E-state index in [9.17, 15) is 0 Å². The Labute approximate surface area is 114 Å². The summed E-state index contributed by atoms with van der Waals surface area (Å²) in [5.41, 5.74) is 1.43. The van der Waals surface area contributed by atoms with Gasteiger partial charge in [-0.25, -0.2) is 0 Å². The summed E-state index contributed by atoms with van der Waals surface area (Å²) in [5, 5.41) is 4.38. The Morgan fingerprint density at radius 2 is 2.00 bits per heavy atom. The van der Waals surface area contributed by atoms with Gasteiger partial charge in [-0.2, -0.15) is 0 Å². The van der Waals surface area contributed by atoms with Gasteiger partial charge in [-0.15, -0.1) is 11.8 Å². The van der Waals surface area contributed by atoms with Crippen LogP contribution in [0.25, 0.3) is 0 Å². The molecule has 1 aromatic rings. The Kier molecular flexibility index (Phi) is 5.84. The quantitative estimate of drug-likeness (QED) is 0.777. The van der Waals surface area contributed by atoms with Gasteiger partial charge in [0.2, 0.25) is 0 Å². The zero-order valence-electron chi connectivity index (χ0n) is 11.1. The van der Waals surface area contributed by atoms with Crippen LogP contribution in [0.4, 0.5) is 0 Å². The van der Waals surface area contributed by atoms with Gasteiger partial charge in [0.05, 0.1) is 5.02 Å². The predicted octanol–water partition coefficient (Wildman–Crippen LogP) is 4.73. The normalized spacial score (nSPS) is 11.8. The number of hydrogen-bond donors (Lipinski definition) is 1. The van der Waals surface area contributed by atoms with E-state index in [-0.39, 0.29) is 5.54 Å². The lowest BCUT2D eigenvalue weighted by Crippen LogP contribution is -2.35. The summed E-state index contributed by atoms with van der Waals surface area (Å²) in [6, 6.07) is 6.15. The zero-order valence-corrected chi connectivity index (χ0v) is 12.7. The maximum absolute atomic E-state index is 6.27. The van der Waals surface area contributed by atoms with Crippen molar-refractivity contribution in [1.29, 1.82) is 0 Å². The van der Waals surface area contributed by atoms with Crippen LogP contribution in [0.5, 0.6) is 0 Å². The molecule has 0 heterocycles. The molecule has 1 nitrogen and oxygen atoms in total. The molecule has 1 aromatic carbocycles. The van der Waals surface area contributed by atoms with Crippen molar-refractivity contribution in [3.8, 4) is 0 Å². The highest BCUT2D eigenvalue weighted by Crippen LogP contribution is 2.31. The molecule has 0 spiro atoms. The highest BCUT2D eigenvalue weighted by Gasteiger charge is 2.12. The van der Waals surface area contributed by atoms with Gasteiger partial charge in [-0.1, -0.05) is 30.7 Å². The summed E-state index contributed by atoms with van der Waals surface area (Å²) in [6.07, 6.45) is 1.17. The van der Waals surface area contributed by atoms with E-state index in [0.717, 1.165) is 17.3 Å². The van der Waals surface area contributed by atoms with Gasteiger partial charge in [0, 0.05) is 17.0 Å². The van der Waals surface area contributed by atoms with E-state index >= 15 is 0 Å². The summed E-state index contributed by atoms with van der Waals surface area (Å²) in [4.78, 5) is 1.23. The summed E-state index contributed by atoms with van der Waals surface area (Å²) in [5.74, 6) is 1.12. The van der Waals surface area contributed by atoms with Crippen molar-refractivity contribution in [1.82, 2.24) is 5.32 Å². The first-order chi connectivity index (χ1) is 7.94. The molecule has 0 amide bonds. The minimum atomic E-state index is 0.134. The van der Waals surface area contributed by atoms with Crippen molar-refractivity contribution in [2.75, 3.05) is 5.75 Å². The second-order valence-corrected chi connectivity index (χ2v) is 6.69. The number of rotatable bonds is 5. The van der Waals surface area contributed by atoms with E-state index in [1.807, 2.05) is 23.9 Å². The molecule has 0 aliphatic carbocycles. The van der Waals surface area contributed by atoms with Crippen LogP contribution < -0.4 is 5.32 Å². The van der Waals surface area contributed by atoms with Crippen LogP contribution in [0, 0.1) is 0 Å². The van der Waals surface area contributed by atoms with Crippen LogP contribution in [0.15, 0.2) is 23.1 Å². The van der Waals surface area contributed by atoms with Crippen LogP contribution in [0.2, 0.25) is 5.02 Å². The largest absolute Gasteiger partial charge is 0.308 e. The van der Waals surface area contributed by atoms with Gasteiger partial charge in [-0.05, 0) is 44.6 Å². The monoisotopic (exact) mass is 271 g/mol. The standard InChI is InChI=1S/C14H22ClNS/c1-5-9-17-13-11(7-6-8-12(13)15)10-16-14(2,3)4/h6-8,16H,5,9-10H2,1-4H3. The van der Waals surface area contributed by atoms with E-state index in [2.05, 4.69) is 39.1 Å². The molecule has 0 aliphatic rings. The van der Waals surface area contributed by atoms with Crippen molar-refractivity contribution in [3.05, 3.63) is 28.8 Å². The lowest BCUT2D eigenvalue weighted by Gasteiger charge is -2.22. The minimum absolute atomic E-state index is 0.134. The Morgan fingerprint density at radius 1 is 1.29 bits per heavy atom. The molecule has 1 N–H and O–H groups in total. The molecule has 0 aromatic heterocycles. The Balaban J connectivity index is 2.79. The maximum atomic E-state index is 6.27. The lowest BCUT2D eigenvalue weighted by atomic mass is 10.1. The molecule has 0 saturated heterocycles. The van der Waals surface area contributed by atoms with Crippen molar-refractivity contribution >= 4 is 23.4 Å². The van der Waals surface area contributed by atoms with E-state index in [1.165, 1.54) is 16.9 Å². The average Bonchev–Trinajstić information content (AvgIpc) is 2.24. The van der Waals surface area contributed by atoms with E-state index in [1.54, 1.807) is 0 Å². The molecule has 0 radical (unpaired) electrons. The minimum Gasteiger partial charge on any atom is -0.308 e. The molecule has 1 rings (SSSR count). The first-order valence-electron chi connectivity index (χ1n) is 6.09. The molecule has 96 valence electrons. The van der Waals surface area contributed by atoms with Gasteiger partial charge in [-0.3, -0.25) is 0 Å². The van der Waals surface area contributed by atoms with Crippen LogP contribution in [-0.2, 0) is 6.54 Å². The summed E-state index contributed by atoms with van der Waals surface area (Å²) >= 11 is 8.12. The number of benzene rings is 1. The highest BCUT2D eigenvalue weighted by atomic mass is 35.5. The highest BCUT2D eigenvalue weighted by molar-refractivity contribution is 7.99. The van der Waals surface area contributed by atoms with E-state index < -0.39 is 0 Å². The summed E-state index contributed by atoms with van der Waals surface area (Å²) < 4.78 is 0. The topological polar surface area (TPSA) is 12.0 Å². The molecule has 3 heteroatoms. The lowest BCUT2D eigenvalue weighted by molar-refractivity contribution is 0.422. The fourth-order valence-electron chi connectivity index (χ4n) is 1.42. The maximum Gasteiger partial charge on any atom is 0.0545 e. The van der Waals surface area contributed by atoms with Crippen LogP contribution in [-0.4, -0.2) is 11.3 Å². The Bertz CT molecular complexity index is 358. The number of nitrogens with one attached hydrogen (secondary N) is 1. The zero-order chi connectivity index (χ0) is 12.9. The Morgan fingerprint density at radius 3 is 2.59 bits per heavy atom. The predicted molar refractivity (Wildman–Crippen MR) is 79.1 cm³/mol. The Hall–Kier alpha value is -0.180. The van der Waals surface area contributed by atoms with Gasteiger partial charge in [0.15, 0.2) is 0 Å². The van der Waals surface area contributed by atoms with Crippen molar-refractivity contribution in [2.45, 2.75) is 51.1 Å². The number of halogens is 1. The third kappa shape index (κ3) is 5.33. The molecule has 0 unspecified atom stereocenters. The molecular formula is C14H22ClNS. The molecule has 0 bridgehead atoms. The SMILES string of the molecule is CCCSc1c(Cl)cccc1CNC(C)(C)C.